The van der Waals surface area contributed by atoms with Crippen molar-refractivity contribution in [3.05, 3.63) is 72.8 Å². The third-order valence-electron chi connectivity index (χ3n) is 6.84. The number of benzene rings is 3. The summed E-state index contributed by atoms with van der Waals surface area (Å²) in [5.41, 5.74) is 0.254. The van der Waals surface area contributed by atoms with E-state index in [9.17, 15) is 21.6 Å². The molecule has 0 aliphatic carbocycles. The minimum Gasteiger partial charge on any atom is -0.492 e. The highest BCUT2D eigenvalue weighted by Gasteiger charge is 2.29. The van der Waals surface area contributed by atoms with Crippen molar-refractivity contribution >= 4 is 43.4 Å². The summed E-state index contributed by atoms with van der Waals surface area (Å²) in [5.74, 6) is 0.272. The zero-order valence-corrected chi connectivity index (χ0v) is 26.7. The van der Waals surface area contributed by atoms with Crippen LogP contribution in [-0.2, 0) is 24.8 Å². The van der Waals surface area contributed by atoms with Crippen molar-refractivity contribution in [3.63, 3.8) is 0 Å². The van der Waals surface area contributed by atoms with Gasteiger partial charge in [0.2, 0.25) is 15.9 Å². The Balaban J connectivity index is 1.40. The van der Waals surface area contributed by atoms with Crippen molar-refractivity contribution in [2.75, 3.05) is 50.0 Å². The van der Waals surface area contributed by atoms with Gasteiger partial charge < -0.3 is 14.8 Å². The summed E-state index contributed by atoms with van der Waals surface area (Å²) in [7, 11) is -7.65. The molecule has 232 valence electrons. The van der Waals surface area contributed by atoms with Gasteiger partial charge in [-0.15, -0.1) is 11.8 Å². The van der Waals surface area contributed by atoms with E-state index in [0.717, 1.165) is 28.5 Å². The fourth-order valence-corrected chi connectivity index (χ4v) is 7.98. The molecule has 0 bridgehead atoms. The molecular weight excluding hydrogens is 611 g/mol. The Morgan fingerprint density at radius 2 is 1.53 bits per heavy atom. The molecule has 13 heteroatoms. The quantitative estimate of drug-likeness (QED) is 0.202. The van der Waals surface area contributed by atoms with Gasteiger partial charge >= 0.3 is 0 Å². The zero-order valence-electron chi connectivity index (χ0n) is 24.3. The molecule has 43 heavy (non-hydrogen) atoms. The molecule has 1 saturated heterocycles. The second-order valence-corrected chi connectivity index (χ2v) is 14.4. The summed E-state index contributed by atoms with van der Waals surface area (Å²) in [6, 6.07) is 19.4. The van der Waals surface area contributed by atoms with Crippen LogP contribution in [0.4, 0.5) is 5.69 Å². The summed E-state index contributed by atoms with van der Waals surface area (Å²) >= 11 is 1.50. The number of nitrogens with one attached hydrogen (secondary N) is 1. The Labute approximate surface area is 258 Å². The zero-order chi connectivity index (χ0) is 30.9. The molecule has 1 fully saturated rings. The first kappa shape index (κ1) is 32.6. The van der Waals surface area contributed by atoms with E-state index in [1.807, 2.05) is 6.26 Å². The number of carbonyl (C=O) groups excluding carboxylic acids is 1. The molecule has 0 saturated carbocycles. The van der Waals surface area contributed by atoms with Crippen LogP contribution < -0.4 is 19.1 Å². The second kappa shape index (κ2) is 15.0. The first-order valence-electron chi connectivity index (χ1n) is 14.0. The van der Waals surface area contributed by atoms with Crippen molar-refractivity contribution in [3.8, 4) is 11.5 Å². The molecule has 0 aromatic heterocycles. The van der Waals surface area contributed by atoms with E-state index in [0.29, 0.717) is 31.2 Å². The van der Waals surface area contributed by atoms with E-state index in [1.54, 1.807) is 55.5 Å². The van der Waals surface area contributed by atoms with Gasteiger partial charge in [-0.3, -0.25) is 9.10 Å². The minimum atomic E-state index is -4.11. The number of amides is 1. The van der Waals surface area contributed by atoms with E-state index >= 15 is 0 Å². The average molecular weight is 648 g/mol. The number of rotatable bonds is 14. The molecule has 1 heterocycles. The molecule has 1 amide bonds. The molecular formula is C30H37N3O7S3. The Kier molecular flexibility index (Phi) is 11.4. The summed E-state index contributed by atoms with van der Waals surface area (Å²) in [5, 5.41) is 2.71. The highest BCUT2D eigenvalue weighted by molar-refractivity contribution is 7.98. The van der Waals surface area contributed by atoms with Crippen LogP contribution in [0.3, 0.4) is 0 Å². The number of sulfonamides is 2. The Bertz CT molecular complexity index is 1570. The van der Waals surface area contributed by atoms with E-state index in [4.69, 9.17) is 9.47 Å². The molecule has 10 nitrogen and oxygen atoms in total. The summed E-state index contributed by atoms with van der Waals surface area (Å²) in [4.78, 5) is 14.2. The molecule has 0 radical (unpaired) electrons. The van der Waals surface area contributed by atoms with Gasteiger partial charge in [-0.25, -0.2) is 16.8 Å². The molecule has 0 unspecified atom stereocenters. The lowest BCUT2D eigenvalue weighted by Gasteiger charge is -2.26. The van der Waals surface area contributed by atoms with Crippen molar-refractivity contribution < 1.29 is 31.1 Å². The maximum Gasteiger partial charge on any atom is 0.264 e. The molecule has 3 aromatic carbocycles. The molecule has 1 aliphatic heterocycles. The SMILES string of the molecule is CCOc1ccccc1N(CC(=O)NCCOc1ccc(S(=O)(=O)N2CCCCC2)cc1)S(=O)(=O)c1ccc(SC)cc1. The summed E-state index contributed by atoms with van der Waals surface area (Å²) in [6.45, 7) is 2.91. The van der Waals surface area contributed by atoms with Crippen LogP contribution in [0, 0.1) is 0 Å². The Morgan fingerprint density at radius 3 is 2.19 bits per heavy atom. The molecule has 4 rings (SSSR count). The van der Waals surface area contributed by atoms with Crippen LogP contribution in [0.1, 0.15) is 26.2 Å². The number of para-hydroxylation sites is 2. The summed E-state index contributed by atoms with van der Waals surface area (Å²) in [6.07, 6.45) is 4.66. The lowest BCUT2D eigenvalue weighted by atomic mass is 10.2. The topological polar surface area (TPSA) is 122 Å². The smallest absolute Gasteiger partial charge is 0.264 e. The molecule has 0 atom stereocenters. The number of ether oxygens (including phenoxy) is 2. The standard InChI is InChI=1S/C30H37N3O7S3/c1-3-39-29-10-6-5-9-28(29)33(43(37,38)27-17-13-25(41-2)14-18-27)23-30(34)31-19-22-40-24-11-15-26(16-12-24)42(35,36)32-20-7-4-8-21-32/h5-6,9-18H,3-4,7-8,19-23H2,1-2H3,(H,31,34). The second-order valence-electron chi connectivity index (χ2n) is 9.72. The minimum absolute atomic E-state index is 0.0542. The Hall–Kier alpha value is -3.26. The van der Waals surface area contributed by atoms with E-state index in [2.05, 4.69) is 5.32 Å². The van der Waals surface area contributed by atoms with Gasteiger partial charge in [-0.2, -0.15) is 4.31 Å². The third kappa shape index (κ3) is 8.22. The number of nitrogens with zero attached hydrogens (tertiary/aromatic N) is 2. The number of hydrogen-bond donors (Lipinski definition) is 1. The van der Waals surface area contributed by atoms with Crippen LogP contribution in [-0.4, -0.2) is 72.7 Å². The van der Waals surface area contributed by atoms with Crippen molar-refractivity contribution in [1.82, 2.24) is 9.62 Å². The fraction of sp³-hybridized carbons (Fsp3) is 0.367. The van der Waals surface area contributed by atoms with Crippen LogP contribution in [0.25, 0.3) is 0 Å². The summed E-state index contributed by atoms with van der Waals surface area (Å²) < 4.78 is 67.1. The van der Waals surface area contributed by atoms with Gasteiger partial charge in [-0.1, -0.05) is 18.6 Å². The van der Waals surface area contributed by atoms with Crippen LogP contribution in [0.2, 0.25) is 0 Å². The first-order chi connectivity index (χ1) is 20.7. The van der Waals surface area contributed by atoms with Crippen molar-refractivity contribution in [2.24, 2.45) is 0 Å². The van der Waals surface area contributed by atoms with E-state index in [1.165, 1.54) is 40.3 Å². The van der Waals surface area contributed by atoms with Gasteiger partial charge in [0.05, 0.1) is 28.6 Å². The van der Waals surface area contributed by atoms with E-state index < -0.39 is 32.5 Å². The monoisotopic (exact) mass is 647 g/mol. The molecule has 0 spiro atoms. The number of carbonyl (C=O) groups is 1. The predicted octanol–water partition coefficient (Wildman–Crippen LogP) is 4.37. The normalized spacial score (nSPS) is 14.2. The van der Waals surface area contributed by atoms with Crippen molar-refractivity contribution in [1.29, 1.82) is 0 Å². The predicted molar refractivity (Wildman–Crippen MR) is 168 cm³/mol. The highest BCUT2D eigenvalue weighted by Crippen LogP contribution is 2.33. The van der Waals surface area contributed by atoms with Gasteiger partial charge in [0.25, 0.3) is 10.0 Å². The van der Waals surface area contributed by atoms with Crippen LogP contribution in [0.15, 0.2) is 87.5 Å². The Morgan fingerprint density at radius 1 is 0.884 bits per heavy atom. The third-order valence-corrected chi connectivity index (χ3v) is 11.3. The average Bonchev–Trinajstić information content (AvgIpc) is 3.03. The highest BCUT2D eigenvalue weighted by atomic mass is 32.2. The number of anilines is 1. The van der Waals surface area contributed by atoms with Gasteiger partial charge in [0, 0.05) is 18.0 Å². The van der Waals surface area contributed by atoms with Gasteiger partial charge in [-0.05, 0) is 86.7 Å². The van der Waals surface area contributed by atoms with Gasteiger partial charge in [0.1, 0.15) is 24.7 Å². The lowest BCUT2D eigenvalue weighted by Crippen LogP contribution is -2.42. The van der Waals surface area contributed by atoms with Crippen LogP contribution >= 0.6 is 11.8 Å². The maximum absolute atomic E-state index is 13.8. The largest absolute Gasteiger partial charge is 0.492 e. The number of hydrogen-bond acceptors (Lipinski definition) is 8. The number of thioether (sulfide) groups is 1. The molecule has 1 aliphatic rings. The van der Waals surface area contributed by atoms with Crippen LogP contribution in [0.5, 0.6) is 11.5 Å². The number of piperidine rings is 1. The lowest BCUT2D eigenvalue weighted by molar-refractivity contribution is -0.119. The maximum atomic E-state index is 13.8. The van der Waals surface area contributed by atoms with Gasteiger partial charge in [0.15, 0.2) is 0 Å². The molecule has 3 aromatic rings. The van der Waals surface area contributed by atoms with E-state index in [-0.39, 0.29) is 28.6 Å². The van der Waals surface area contributed by atoms with Crippen molar-refractivity contribution in [2.45, 2.75) is 40.9 Å². The molecule has 1 N–H and O–H groups in total. The fourth-order valence-electron chi connectivity index (χ4n) is 4.62. The first-order valence-corrected chi connectivity index (χ1v) is 18.2.